The van der Waals surface area contributed by atoms with Crippen LogP contribution in [0.2, 0.25) is 5.02 Å². The molecule has 1 amide bonds. The molecule has 178 valence electrons. The van der Waals surface area contributed by atoms with E-state index in [9.17, 15) is 18.0 Å². The third-order valence-corrected chi connectivity index (χ3v) is 8.53. The fourth-order valence-electron chi connectivity index (χ4n) is 4.36. The number of nitrogens with zero attached hydrogens (tertiary/aromatic N) is 1. The molecular formula is C23H33ClN2O5S. The minimum atomic E-state index is -3.66. The first-order chi connectivity index (χ1) is 15.3. The van der Waals surface area contributed by atoms with E-state index in [2.05, 4.69) is 5.32 Å². The van der Waals surface area contributed by atoms with Crippen molar-refractivity contribution in [2.24, 2.45) is 5.92 Å². The van der Waals surface area contributed by atoms with Crippen LogP contribution >= 0.6 is 11.6 Å². The summed E-state index contributed by atoms with van der Waals surface area (Å²) in [6.07, 6.45) is 8.76. The molecule has 1 aromatic carbocycles. The molecule has 0 spiro atoms. The van der Waals surface area contributed by atoms with Gasteiger partial charge < -0.3 is 10.1 Å². The summed E-state index contributed by atoms with van der Waals surface area (Å²) >= 11 is 6.19. The summed E-state index contributed by atoms with van der Waals surface area (Å²) in [4.78, 5) is 24.8. The highest BCUT2D eigenvalue weighted by Crippen LogP contribution is 2.29. The number of amides is 1. The summed E-state index contributed by atoms with van der Waals surface area (Å²) in [5.41, 5.74) is 0.180. The van der Waals surface area contributed by atoms with Gasteiger partial charge in [-0.25, -0.2) is 8.42 Å². The molecule has 2 aliphatic rings. The van der Waals surface area contributed by atoms with Crippen LogP contribution in [0.5, 0.6) is 0 Å². The van der Waals surface area contributed by atoms with Gasteiger partial charge in [0, 0.05) is 19.5 Å². The molecule has 1 unspecified atom stereocenters. The maximum atomic E-state index is 12.9. The van der Waals surface area contributed by atoms with Gasteiger partial charge in [0.1, 0.15) is 0 Å². The van der Waals surface area contributed by atoms with Gasteiger partial charge in [0.2, 0.25) is 10.0 Å². The van der Waals surface area contributed by atoms with E-state index in [-0.39, 0.29) is 15.6 Å². The first-order valence-corrected chi connectivity index (χ1v) is 13.4. The first-order valence-electron chi connectivity index (χ1n) is 11.6. The van der Waals surface area contributed by atoms with Gasteiger partial charge in [0.15, 0.2) is 6.10 Å². The lowest BCUT2D eigenvalue weighted by atomic mass is 9.86. The summed E-state index contributed by atoms with van der Waals surface area (Å²) in [6.45, 7) is 2.47. The van der Waals surface area contributed by atoms with Crippen molar-refractivity contribution in [3.8, 4) is 0 Å². The zero-order valence-corrected chi connectivity index (χ0v) is 20.2. The molecule has 1 atom stereocenters. The number of rotatable bonds is 8. The molecule has 0 radical (unpaired) electrons. The van der Waals surface area contributed by atoms with Crippen molar-refractivity contribution in [2.75, 3.05) is 18.4 Å². The van der Waals surface area contributed by atoms with Gasteiger partial charge in [0.05, 0.1) is 15.6 Å². The highest BCUT2D eigenvalue weighted by atomic mass is 35.5. The smallest absolute Gasteiger partial charge is 0.306 e. The molecule has 1 saturated carbocycles. The lowest BCUT2D eigenvalue weighted by Crippen LogP contribution is -2.35. The molecule has 0 bridgehead atoms. The first kappa shape index (κ1) is 25.0. The zero-order valence-electron chi connectivity index (χ0n) is 18.6. The third-order valence-electron chi connectivity index (χ3n) is 6.31. The van der Waals surface area contributed by atoms with Crippen LogP contribution < -0.4 is 5.32 Å². The Labute approximate surface area is 195 Å². The normalized spacial score (nSPS) is 19.3. The topological polar surface area (TPSA) is 92.8 Å². The van der Waals surface area contributed by atoms with Gasteiger partial charge in [-0.1, -0.05) is 50.1 Å². The Morgan fingerprint density at radius 2 is 1.78 bits per heavy atom. The monoisotopic (exact) mass is 484 g/mol. The average molecular weight is 485 g/mol. The van der Waals surface area contributed by atoms with Crippen LogP contribution in [0.4, 0.5) is 5.69 Å². The Bertz CT molecular complexity index is 909. The molecule has 1 aliphatic carbocycles. The number of carbonyl (C=O) groups excluding carboxylic acids is 2. The van der Waals surface area contributed by atoms with E-state index in [0.29, 0.717) is 25.4 Å². The number of benzene rings is 1. The average Bonchev–Trinajstić information content (AvgIpc) is 2.80. The molecule has 1 heterocycles. The number of anilines is 1. The van der Waals surface area contributed by atoms with Crippen LogP contribution in [0.3, 0.4) is 0 Å². The van der Waals surface area contributed by atoms with E-state index in [1.807, 2.05) is 0 Å². The van der Waals surface area contributed by atoms with E-state index < -0.39 is 28.0 Å². The fraction of sp³-hybridized carbons (Fsp3) is 0.652. The molecule has 1 aromatic rings. The van der Waals surface area contributed by atoms with Crippen molar-refractivity contribution in [1.29, 1.82) is 0 Å². The number of hydrogen-bond donors (Lipinski definition) is 1. The van der Waals surface area contributed by atoms with Crippen molar-refractivity contribution in [3.63, 3.8) is 0 Å². The van der Waals surface area contributed by atoms with Crippen molar-refractivity contribution in [3.05, 3.63) is 23.2 Å². The van der Waals surface area contributed by atoms with Crippen molar-refractivity contribution >= 4 is 39.2 Å². The molecule has 7 nitrogen and oxygen atoms in total. The maximum absolute atomic E-state index is 12.9. The number of ether oxygens (including phenoxy) is 1. The van der Waals surface area contributed by atoms with Crippen LogP contribution in [-0.2, 0) is 24.3 Å². The van der Waals surface area contributed by atoms with Crippen LogP contribution in [0.25, 0.3) is 0 Å². The molecule has 9 heteroatoms. The predicted octanol–water partition coefficient (Wildman–Crippen LogP) is 4.75. The maximum Gasteiger partial charge on any atom is 0.306 e. The molecular weight excluding hydrogens is 452 g/mol. The molecule has 1 aliphatic heterocycles. The van der Waals surface area contributed by atoms with Crippen LogP contribution in [-0.4, -0.2) is 43.8 Å². The van der Waals surface area contributed by atoms with Crippen LogP contribution in [0.1, 0.15) is 71.1 Å². The molecule has 3 rings (SSSR count). The van der Waals surface area contributed by atoms with Crippen molar-refractivity contribution in [1.82, 2.24) is 4.31 Å². The van der Waals surface area contributed by atoms with Gasteiger partial charge >= 0.3 is 5.97 Å². The third kappa shape index (κ3) is 6.68. The Kier molecular flexibility index (Phi) is 8.96. The minimum Gasteiger partial charge on any atom is -0.453 e. The SMILES string of the molecule is CC(OC(=O)CCC1CCCCC1)C(=O)Nc1cc(S(=O)(=O)N2CCCCC2)ccc1Cl. The van der Waals surface area contributed by atoms with Gasteiger partial charge in [-0.3, -0.25) is 9.59 Å². The number of nitrogens with one attached hydrogen (secondary N) is 1. The lowest BCUT2D eigenvalue weighted by molar-refractivity contribution is -0.153. The Balaban J connectivity index is 1.57. The molecule has 1 saturated heterocycles. The van der Waals surface area contributed by atoms with Crippen molar-refractivity contribution in [2.45, 2.75) is 82.1 Å². The summed E-state index contributed by atoms with van der Waals surface area (Å²) in [5, 5.41) is 2.82. The van der Waals surface area contributed by atoms with Gasteiger partial charge in [-0.2, -0.15) is 4.31 Å². The highest BCUT2D eigenvalue weighted by Gasteiger charge is 2.27. The largest absolute Gasteiger partial charge is 0.453 e. The Hall–Kier alpha value is -1.64. The van der Waals surface area contributed by atoms with E-state index in [1.165, 1.54) is 48.7 Å². The number of carbonyl (C=O) groups is 2. The molecule has 32 heavy (non-hydrogen) atoms. The number of piperidine rings is 1. The second-order valence-corrected chi connectivity index (χ2v) is 11.1. The number of hydrogen-bond acceptors (Lipinski definition) is 5. The zero-order chi connectivity index (χ0) is 23.1. The second-order valence-electron chi connectivity index (χ2n) is 8.77. The highest BCUT2D eigenvalue weighted by molar-refractivity contribution is 7.89. The summed E-state index contributed by atoms with van der Waals surface area (Å²) in [6, 6.07) is 4.26. The standard InChI is InChI=1S/C23H33ClN2O5S/c1-17(31-22(27)13-10-18-8-4-2-5-9-18)23(28)25-21-16-19(11-12-20(21)24)32(29,30)26-14-6-3-7-15-26/h11-12,16-18H,2-10,13-15H2,1H3,(H,25,28). The van der Waals surface area contributed by atoms with E-state index in [4.69, 9.17) is 16.3 Å². The molecule has 2 fully saturated rings. The molecule has 1 N–H and O–H groups in total. The Morgan fingerprint density at radius 3 is 2.47 bits per heavy atom. The van der Waals surface area contributed by atoms with Gasteiger partial charge in [-0.15, -0.1) is 0 Å². The summed E-state index contributed by atoms with van der Waals surface area (Å²) in [5.74, 6) is -0.389. The van der Waals surface area contributed by atoms with E-state index in [1.54, 1.807) is 0 Å². The minimum absolute atomic E-state index is 0.0798. The van der Waals surface area contributed by atoms with E-state index in [0.717, 1.165) is 38.5 Å². The quantitative estimate of drug-likeness (QED) is 0.537. The predicted molar refractivity (Wildman–Crippen MR) is 124 cm³/mol. The van der Waals surface area contributed by atoms with Crippen LogP contribution in [0.15, 0.2) is 23.1 Å². The molecule has 0 aromatic heterocycles. The van der Waals surface area contributed by atoms with Crippen LogP contribution in [0, 0.1) is 5.92 Å². The second kappa shape index (κ2) is 11.5. The number of halogens is 1. The Morgan fingerprint density at radius 1 is 1.12 bits per heavy atom. The fourth-order valence-corrected chi connectivity index (χ4v) is 6.07. The van der Waals surface area contributed by atoms with E-state index >= 15 is 0 Å². The lowest BCUT2D eigenvalue weighted by Gasteiger charge is -2.26. The number of sulfonamides is 1. The number of esters is 1. The summed E-state index contributed by atoms with van der Waals surface area (Å²) < 4.78 is 32.6. The van der Waals surface area contributed by atoms with Gasteiger partial charge in [0.25, 0.3) is 5.91 Å². The summed E-state index contributed by atoms with van der Waals surface area (Å²) in [7, 11) is -3.66. The van der Waals surface area contributed by atoms with Crippen molar-refractivity contribution < 1.29 is 22.7 Å². The van der Waals surface area contributed by atoms with Gasteiger partial charge in [-0.05, 0) is 50.3 Å².